The molecule has 0 radical (unpaired) electrons. The molecule has 1 aliphatic rings. The molecule has 0 saturated carbocycles. The van der Waals surface area contributed by atoms with E-state index in [0.29, 0.717) is 5.41 Å². The van der Waals surface area contributed by atoms with Crippen LogP contribution in [0.4, 0.5) is 0 Å². The van der Waals surface area contributed by atoms with Gasteiger partial charge in [-0.2, -0.15) is 0 Å². The van der Waals surface area contributed by atoms with Crippen molar-refractivity contribution in [1.29, 1.82) is 0 Å². The molecule has 0 aliphatic carbocycles. The summed E-state index contributed by atoms with van der Waals surface area (Å²) < 4.78 is 4.79. The van der Waals surface area contributed by atoms with Crippen LogP contribution >= 0.6 is 0 Å². The number of esters is 1. The molecule has 0 aromatic carbocycles. The lowest BCUT2D eigenvalue weighted by molar-refractivity contribution is -0.143. The summed E-state index contributed by atoms with van der Waals surface area (Å²) in [5.74, 6) is 0.621. The highest BCUT2D eigenvalue weighted by atomic mass is 16.5. The molecule has 1 rings (SSSR count). The van der Waals surface area contributed by atoms with Gasteiger partial charge in [0.15, 0.2) is 0 Å². The van der Waals surface area contributed by atoms with Crippen molar-refractivity contribution in [3.63, 3.8) is 0 Å². The van der Waals surface area contributed by atoms with E-state index >= 15 is 0 Å². The van der Waals surface area contributed by atoms with Crippen molar-refractivity contribution in [3.8, 4) is 0 Å². The Kier molecular flexibility index (Phi) is 5.60. The zero-order chi connectivity index (χ0) is 13.8. The van der Waals surface area contributed by atoms with Crippen LogP contribution in [0.5, 0.6) is 0 Å². The summed E-state index contributed by atoms with van der Waals surface area (Å²) in [5, 5.41) is 3.03. The topological polar surface area (TPSA) is 41.6 Å². The summed E-state index contributed by atoms with van der Waals surface area (Å²) in [6.45, 7) is 9.86. The Hall–Kier alpha value is -0.610. The molecule has 18 heavy (non-hydrogen) atoms. The fourth-order valence-corrected chi connectivity index (χ4v) is 2.67. The SMILES string of the molecule is CNC(CN1CCC(C(C)(C)C)CC1)C(=O)OC. The number of ether oxygens (including phenoxy) is 1. The molecule has 0 aromatic rings. The van der Waals surface area contributed by atoms with Crippen LogP contribution < -0.4 is 5.32 Å². The van der Waals surface area contributed by atoms with Crippen LogP contribution in [0.2, 0.25) is 0 Å². The summed E-state index contributed by atoms with van der Waals surface area (Å²) in [6, 6.07) is -0.207. The minimum absolute atomic E-state index is 0.171. The van der Waals surface area contributed by atoms with Gasteiger partial charge in [-0.1, -0.05) is 20.8 Å². The molecule has 1 atom stereocenters. The molecule has 1 aliphatic heterocycles. The first-order valence-corrected chi connectivity index (χ1v) is 6.86. The number of methoxy groups -OCH3 is 1. The van der Waals surface area contributed by atoms with Gasteiger partial charge in [0, 0.05) is 6.54 Å². The van der Waals surface area contributed by atoms with Gasteiger partial charge in [0.1, 0.15) is 6.04 Å². The van der Waals surface area contributed by atoms with E-state index in [1.807, 2.05) is 7.05 Å². The maximum Gasteiger partial charge on any atom is 0.324 e. The predicted molar refractivity (Wildman–Crippen MR) is 73.5 cm³/mol. The van der Waals surface area contributed by atoms with Gasteiger partial charge in [-0.25, -0.2) is 0 Å². The van der Waals surface area contributed by atoms with Crippen molar-refractivity contribution in [3.05, 3.63) is 0 Å². The Morgan fingerprint density at radius 1 is 1.39 bits per heavy atom. The highest BCUT2D eigenvalue weighted by Crippen LogP contribution is 2.34. The maximum atomic E-state index is 11.5. The summed E-state index contributed by atoms with van der Waals surface area (Å²) >= 11 is 0. The molecule has 1 fully saturated rings. The lowest BCUT2D eigenvalue weighted by atomic mass is 9.75. The minimum Gasteiger partial charge on any atom is -0.468 e. The Labute approximate surface area is 111 Å². The number of nitrogens with zero attached hydrogens (tertiary/aromatic N) is 1. The van der Waals surface area contributed by atoms with Gasteiger partial charge in [-0.3, -0.25) is 4.79 Å². The molecule has 0 amide bonds. The first-order valence-electron chi connectivity index (χ1n) is 6.86. The first kappa shape index (κ1) is 15.4. The normalized spacial score (nSPS) is 20.7. The molecule has 0 bridgehead atoms. The number of likely N-dealkylation sites (N-methyl/N-ethyl adjacent to an activating group) is 1. The van der Waals surface area contributed by atoms with E-state index in [9.17, 15) is 4.79 Å². The molecule has 1 saturated heterocycles. The van der Waals surface area contributed by atoms with Crippen LogP contribution in [0.25, 0.3) is 0 Å². The van der Waals surface area contributed by atoms with E-state index < -0.39 is 0 Å². The second kappa shape index (κ2) is 6.53. The van der Waals surface area contributed by atoms with Crippen molar-refractivity contribution in [2.24, 2.45) is 11.3 Å². The Bertz CT molecular complexity index is 265. The monoisotopic (exact) mass is 256 g/mol. The highest BCUT2D eigenvalue weighted by Gasteiger charge is 2.30. The van der Waals surface area contributed by atoms with E-state index in [1.165, 1.54) is 20.0 Å². The molecule has 106 valence electrons. The van der Waals surface area contributed by atoms with E-state index in [0.717, 1.165) is 25.6 Å². The summed E-state index contributed by atoms with van der Waals surface area (Å²) in [5.41, 5.74) is 0.400. The van der Waals surface area contributed by atoms with E-state index in [-0.39, 0.29) is 12.0 Å². The van der Waals surface area contributed by atoms with Crippen molar-refractivity contribution in [2.75, 3.05) is 33.8 Å². The smallest absolute Gasteiger partial charge is 0.324 e. The number of likely N-dealkylation sites (tertiary alicyclic amines) is 1. The Morgan fingerprint density at radius 3 is 2.33 bits per heavy atom. The van der Waals surface area contributed by atoms with Crippen molar-refractivity contribution in [1.82, 2.24) is 10.2 Å². The number of nitrogens with one attached hydrogen (secondary N) is 1. The lowest BCUT2D eigenvalue weighted by Crippen LogP contribution is -2.48. The number of carbonyl (C=O) groups is 1. The van der Waals surface area contributed by atoms with Gasteiger partial charge in [-0.15, -0.1) is 0 Å². The van der Waals surface area contributed by atoms with Gasteiger partial charge >= 0.3 is 5.97 Å². The van der Waals surface area contributed by atoms with E-state index in [1.54, 1.807) is 0 Å². The molecule has 4 heteroatoms. The minimum atomic E-state index is -0.207. The molecule has 0 aromatic heterocycles. The molecule has 0 spiro atoms. The Balaban J connectivity index is 2.41. The summed E-state index contributed by atoms with van der Waals surface area (Å²) in [7, 11) is 3.25. The third-order valence-corrected chi connectivity index (χ3v) is 4.09. The van der Waals surface area contributed by atoms with E-state index in [4.69, 9.17) is 4.74 Å². The quantitative estimate of drug-likeness (QED) is 0.774. The third-order valence-electron chi connectivity index (χ3n) is 4.09. The number of hydrogen-bond acceptors (Lipinski definition) is 4. The van der Waals surface area contributed by atoms with Crippen LogP contribution in [-0.4, -0.2) is 50.7 Å². The van der Waals surface area contributed by atoms with Crippen molar-refractivity contribution >= 4 is 5.97 Å². The van der Waals surface area contributed by atoms with Crippen LogP contribution in [-0.2, 0) is 9.53 Å². The first-order chi connectivity index (χ1) is 8.38. The average Bonchev–Trinajstić information content (AvgIpc) is 2.34. The molecule has 1 heterocycles. The van der Waals surface area contributed by atoms with E-state index in [2.05, 4.69) is 31.0 Å². The number of piperidine rings is 1. The number of rotatable bonds is 4. The van der Waals surface area contributed by atoms with Crippen LogP contribution in [0, 0.1) is 11.3 Å². The zero-order valence-corrected chi connectivity index (χ0v) is 12.5. The number of hydrogen-bond donors (Lipinski definition) is 1. The zero-order valence-electron chi connectivity index (χ0n) is 12.5. The molecular weight excluding hydrogens is 228 g/mol. The molecule has 1 unspecified atom stereocenters. The van der Waals surface area contributed by atoms with Crippen molar-refractivity contribution < 1.29 is 9.53 Å². The van der Waals surface area contributed by atoms with Gasteiger partial charge in [0.05, 0.1) is 7.11 Å². The summed E-state index contributed by atoms with van der Waals surface area (Å²) in [4.78, 5) is 13.9. The van der Waals surface area contributed by atoms with Crippen LogP contribution in [0.15, 0.2) is 0 Å². The Morgan fingerprint density at radius 2 is 1.94 bits per heavy atom. The largest absolute Gasteiger partial charge is 0.468 e. The molecular formula is C14H28N2O2. The third kappa shape index (κ3) is 4.25. The van der Waals surface area contributed by atoms with Gasteiger partial charge in [0.25, 0.3) is 0 Å². The second-order valence-electron chi connectivity index (χ2n) is 6.31. The fourth-order valence-electron chi connectivity index (χ4n) is 2.67. The van der Waals surface area contributed by atoms with Crippen LogP contribution in [0.1, 0.15) is 33.6 Å². The average molecular weight is 256 g/mol. The van der Waals surface area contributed by atoms with Gasteiger partial charge < -0.3 is 15.0 Å². The second-order valence-corrected chi connectivity index (χ2v) is 6.31. The highest BCUT2D eigenvalue weighted by molar-refractivity contribution is 5.75. The standard InChI is InChI=1S/C14H28N2O2/c1-14(2,3)11-6-8-16(9-7-11)10-12(15-4)13(17)18-5/h11-12,15H,6-10H2,1-5H3. The fraction of sp³-hybridized carbons (Fsp3) is 0.929. The van der Waals surface area contributed by atoms with Gasteiger partial charge in [-0.05, 0) is 44.3 Å². The van der Waals surface area contributed by atoms with Gasteiger partial charge in [0.2, 0.25) is 0 Å². The van der Waals surface area contributed by atoms with Crippen LogP contribution in [0.3, 0.4) is 0 Å². The summed E-state index contributed by atoms with van der Waals surface area (Å²) in [6.07, 6.45) is 2.45. The van der Waals surface area contributed by atoms with Crippen molar-refractivity contribution in [2.45, 2.75) is 39.7 Å². The molecule has 4 nitrogen and oxygen atoms in total. The number of carbonyl (C=O) groups excluding carboxylic acids is 1. The maximum absolute atomic E-state index is 11.5. The lowest BCUT2D eigenvalue weighted by Gasteiger charge is -2.39. The molecule has 1 N–H and O–H groups in total. The predicted octanol–water partition coefficient (Wildman–Crippen LogP) is 1.51.